The van der Waals surface area contributed by atoms with Crippen LogP contribution in [-0.4, -0.2) is 49.0 Å². The molecule has 2 fully saturated rings. The van der Waals surface area contributed by atoms with Gasteiger partial charge in [-0.1, -0.05) is 0 Å². The molecule has 0 spiro atoms. The van der Waals surface area contributed by atoms with Crippen LogP contribution in [0, 0.1) is 6.92 Å². The lowest BCUT2D eigenvalue weighted by molar-refractivity contribution is 0.207. The fourth-order valence-electron chi connectivity index (χ4n) is 5.40. The third-order valence-corrected chi connectivity index (χ3v) is 7.03. The molecule has 0 aliphatic carbocycles. The summed E-state index contributed by atoms with van der Waals surface area (Å²) < 4.78 is 1.88. The van der Waals surface area contributed by atoms with E-state index in [-0.39, 0.29) is 16.8 Å². The summed E-state index contributed by atoms with van der Waals surface area (Å²) in [6.45, 7) is 6.61. The first-order chi connectivity index (χ1) is 14.7. The van der Waals surface area contributed by atoms with Gasteiger partial charge in [-0.05, 0) is 70.7 Å². The summed E-state index contributed by atoms with van der Waals surface area (Å²) >= 11 is 0. The van der Waals surface area contributed by atoms with Crippen LogP contribution in [0.2, 0.25) is 0 Å². The maximum Gasteiger partial charge on any atom is 0.151 e. The lowest BCUT2D eigenvalue weighted by Crippen LogP contribution is -2.58. The molecule has 2 saturated heterocycles. The number of aromatic nitrogens is 4. The molecule has 0 saturated carbocycles. The molecule has 4 heterocycles. The van der Waals surface area contributed by atoms with E-state index in [0.29, 0.717) is 17.3 Å². The maximum atomic E-state index is 10.6. The number of rotatable bonds is 4. The maximum absolute atomic E-state index is 10.6. The highest BCUT2D eigenvalue weighted by Gasteiger charge is 2.49. The first kappa shape index (κ1) is 20.0. The summed E-state index contributed by atoms with van der Waals surface area (Å²) in [5, 5.41) is 23.4. The normalized spacial score (nSPS) is 27.4. The average Bonchev–Trinajstić information content (AvgIpc) is 3.27. The molecule has 2 aromatic heterocycles. The molecule has 0 unspecified atom stereocenters. The van der Waals surface area contributed by atoms with Crippen LogP contribution in [0.25, 0.3) is 16.9 Å². The largest absolute Gasteiger partial charge is 0.507 e. The zero-order chi connectivity index (χ0) is 21.8. The van der Waals surface area contributed by atoms with Gasteiger partial charge in [0.25, 0.3) is 0 Å². The summed E-state index contributed by atoms with van der Waals surface area (Å²) in [5.41, 5.74) is 3.53. The minimum atomic E-state index is 0.176. The minimum Gasteiger partial charge on any atom is -0.507 e. The van der Waals surface area contributed by atoms with Crippen LogP contribution in [0.3, 0.4) is 0 Å². The minimum absolute atomic E-state index is 0.176. The molecule has 162 valence electrons. The van der Waals surface area contributed by atoms with E-state index < -0.39 is 0 Å². The third kappa shape index (κ3) is 3.67. The van der Waals surface area contributed by atoms with Crippen LogP contribution in [0.15, 0.2) is 42.9 Å². The van der Waals surface area contributed by atoms with Gasteiger partial charge in [-0.3, -0.25) is 0 Å². The number of phenolic OH excluding ortho intramolecular Hbond substituents is 1. The van der Waals surface area contributed by atoms with Gasteiger partial charge in [-0.2, -0.15) is 0 Å². The van der Waals surface area contributed by atoms with Gasteiger partial charge in [0.2, 0.25) is 0 Å². The van der Waals surface area contributed by atoms with Gasteiger partial charge in [-0.25, -0.2) is 4.98 Å². The van der Waals surface area contributed by atoms with E-state index in [1.807, 2.05) is 42.0 Å². The molecule has 0 amide bonds. The molecule has 2 aliphatic heterocycles. The number of phenols is 1. The second kappa shape index (κ2) is 7.05. The van der Waals surface area contributed by atoms with Crippen LogP contribution in [-0.2, 0) is 0 Å². The highest BCUT2D eigenvalue weighted by Crippen LogP contribution is 2.43. The van der Waals surface area contributed by atoms with Crippen LogP contribution in [0.5, 0.6) is 5.75 Å². The highest BCUT2D eigenvalue weighted by atomic mass is 16.3. The first-order valence-electron chi connectivity index (χ1n) is 10.9. The number of hydrogen-bond acceptors (Lipinski definition) is 6. The summed E-state index contributed by atoms with van der Waals surface area (Å²) in [4.78, 5) is 6.51. The zero-order valence-corrected chi connectivity index (χ0v) is 18.6. The molecule has 1 aromatic carbocycles. The summed E-state index contributed by atoms with van der Waals surface area (Å²) in [6.07, 6.45) is 8.34. The van der Waals surface area contributed by atoms with E-state index in [2.05, 4.69) is 46.3 Å². The number of imidazole rings is 1. The second-order valence-corrected chi connectivity index (χ2v) is 9.82. The van der Waals surface area contributed by atoms with Gasteiger partial charge >= 0.3 is 0 Å². The summed E-state index contributed by atoms with van der Waals surface area (Å²) in [5.74, 6) is 1.04. The Labute approximate surface area is 183 Å². The molecule has 2 aliphatic rings. The summed E-state index contributed by atoms with van der Waals surface area (Å²) in [7, 11) is 2.12. The van der Waals surface area contributed by atoms with Crippen molar-refractivity contribution in [2.45, 2.75) is 63.6 Å². The Morgan fingerprint density at radius 2 is 1.84 bits per heavy atom. The Balaban J connectivity index is 1.35. The number of hydrogen-bond donors (Lipinski definition) is 2. The van der Waals surface area contributed by atoms with Gasteiger partial charge < -0.3 is 19.9 Å². The van der Waals surface area contributed by atoms with Gasteiger partial charge in [0.15, 0.2) is 5.82 Å². The Hall–Kier alpha value is -2.93. The predicted octanol–water partition coefficient (Wildman–Crippen LogP) is 3.84. The van der Waals surface area contributed by atoms with Gasteiger partial charge in [0.1, 0.15) is 5.75 Å². The number of anilines is 1. The molecular formula is C24H30N6O. The lowest BCUT2D eigenvalue weighted by Gasteiger charge is -2.45. The van der Waals surface area contributed by atoms with E-state index in [0.717, 1.165) is 30.0 Å². The Morgan fingerprint density at radius 3 is 2.42 bits per heavy atom. The van der Waals surface area contributed by atoms with Crippen LogP contribution >= 0.6 is 0 Å². The van der Waals surface area contributed by atoms with Crippen molar-refractivity contribution >= 4 is 5.82 Å². The quantitative estimate of drug-likeness (QED) is 0.670. The predicted molar refractivity (Wildman–Crippen MR) is 122 cm³/mol. The van der Waals surface area contributed by atoms with Crippen molar-refractivity contribution in [1.29, 1.82) is 0 Å². The molecule has 2 bridgehead atoms. The molecule has 3 atom stereocenters. The monoisotopic (exact) mass is 418 g/mol. The SMILES string of the molecule is Cc1cn(-c2ccc(-c3ccc(N(C)[C@@H]4C[C@]5(C)CC[C@](C)(C4)N5)nn3)c(O)c2)cn1. The third-order valence-electron chi connectivity index (χ3n) is 7.03. The van der Waals surface area contributed by atoms with Crippen molar-refractivity contribution in [3.8, 4) is 22.7 Å². The van der Waals surface area contributed by atoms with E-state index in [1.165, 1.54) is 12.8 Å². The topological polar surface area (TPSA) is 79.1 Å². The highest BCUT2D eigenvalue weighted by molar-refractivity contribution is 5.69. The number of aromatic hydroxyl groups is 1. The lowest BCUT2D eigenvalue weighted by atomic mass is 9.84. The second-order valence-electron chi connectivity index (χ2n) is 9.82. The van der Waals surface area contributed by atoms with Crippen molar-refractivity contribution in [2.75, 3.05) is 11.9 Å². The number of aryl methyl sites for hydroxylation is 1. The molecule has 7 nitrogen and oxygen atoms in total. The molecule has 31 heavy (non-hydrogen) atoms. The van der Waals surface area contributed by atoms with E-state index >= 15 is 0 Å². The number of piperidine rings is 1. The van der Waals surface area contributed by atoms with E-state index in [4.69, 9.17) is 0 Å². The Kier molecular flexibility index (Phi) is 4.55. The molecule has 2 N–H and O–H groups in total. The first-order valence-corrected chi connectivity index (χ1v) is 10.9. The Morgan fingerprint density at radius 1 is 1.10 bits per heavy atom. The van der Waals surface area contributed by atoms with Crippen LogP contribution < -0.4 is 10.2 Å². The summed E-state index contributed by atoms with van der Waals surface area (Å²) in [6, 6.07) is 9.93. The number of fused-ring (bicyclic) bond motifs is 2. The van der Waals surface area contributed by atoms with Gasteiger partial charge in [0.05, 0.1) is 23.4 Å². The van der Waals surface area contributed by atoms with Crippen molar-refractivity contribution in [1.82, 2.24) is 25.1 Å². The van der Waals surface area contributed by atoms with Crippen molar-refractivity contribution in [3.63, 3.8) is 0 Å². The number of nitrogens with zero attached hydrogens (tertiary/aromatic N) is 5. The van der Waals surface area contributed by atoms with Crippen LogP contribution in [0.4, 0.5) is 5.82 Å². The van der Waals surface area contributed by atoms with Crippen LogP contribution in [0.1, 0.15) is 45.2 Å². The Bertz CT molecular complexity index is 1090. The van der Waals surface area contributed by atoms with Crippen molar-refractivity contribution in [2.24, 2.45) is 0 Å². The molecular weight excluding hydrogens is 388 g/mol. The standard InChI is InChI=1S/C24H30N6O/c1-16-14-30(15-25-16)17-5-6-19(21(31)11-17)20-7-8-22(27-26-20)29(4)18-12-23(2)9-10-24(3,13-18)28-23/h5-8,11,14-15,18,28,31H,9-10,12-13H2,1-4H3/t18-,23+,24-. The molecule has 3 aromatic rings. The molecule has 0 radical (unpaired) electrons. The average molecular weight is 419 g/mol. The molecule has 5 rings (SSSR count). The van der Waals surface area contributed by atoms with E-state index in [1.54, 1.807) is 12.4 Å². The van der Waals surface area contributed by atoms with Gasteiger partial charge in [0, 0.05) is 42.0 Å². The fraction of sp³-hybridized carbons (Fsp3) is 0.458. The van der Waals surface area contributed by atoms with Gasteiger partial charge in [-0.15, -0.1) is 10.2 Å². The van der Waals surface area contributed by atoms with Crippen molar-refractivity contribution in [3.05, 3.63) is 48.5 Å². The number of benzene rings is 1. The number of nitrogens with one attached hydrogen (secondary N) is 1. The smallest absolute Gasteiger partial charge is 0.151 e. The van der Waals surface area contributed by atoms with Crippen molar-refractivity contribution < 1.29 is 5.11 Å². The fourth-order valence-corrected chi connectivity index (χ4v) is 5.40. The van der Waals surface area contributed by atoms with E-state index in [9.17, 15) is 5.11 Å². The molecule has 7 heteroatoms. The zero-order valence-electron chi connectivity index (χ0n) is 18.6.